The Hall–Kier alpha value is -1.26. The summed E-state index contributed by atoms with van der Waals surface area (Å²) in [5.41, 5.74) is 6.85. The standard InChI is InChI=1S/C7H13N2O3/c1-4-5(6(8)10)9(2)7(11)12-3/h5,8H,4H2,1-3H3. The van der Waals surface area contributed by atoms with Crippen LogP contribution in [0.15, 0.2) is 0 Å². The van der Waals surface area contributed by atoms with Gasteiger partial charge in [-0.25, -0.2) is 4.79 Å². The highest BCUT2D eigenvalue weighted by molar-refractivity contribution is 5.83. The van der Waals surface area contributed by atoms with Crippen LogP contribution in [-0.2, 0) is 9.53 Å². The number of nitrogens with one attached hydrogen (secondary N) is 1. The van der Waals surface area contributed by atoms with Gasteiger partial charge in [0.15, 0.2) is 0 Å². The van der Waals surface area contributed by atoms with Crippen LogP contribution in [0.2, 0.25) is 0 Å². The Morgan fingerprint density at radius 1 is 1.58 bits per heavy atom. The van der Waals surface area contributed by atoms with E-state index in [0.717, 1.165) is 4.90 Å². The van der Waals surface area contributed by atoms with Crippen LogP contribution in [0.4, 0.5) is 4.79 Å². The Labute approximate surface area is 71.5 Å². The maximum absolute atomic E-state index is 10.9. The number of ether oxygens (including phenoxy) is 1. The lowest BCUT2D eigenvalue weighted by Crippen LogP contribution is -2.42. The minimum absolute atomic E-state index is 0.425. The fraction of sp³-hybridized carbons (Fsp3) is 0.714. The second-order valence-electron chi connectivity index (χ2n) is 2.37. The Morgan fingerprint density at radius 3 is 2.33 bits per heavy atom. The topological polar surface area (TPSA) is 70.4 Å². The van der Waals surface area contributed by atoms with Crippen molar-refractivity contribution in [3.8, 4) is 0 Å². The zero-order valence-electron chi connectivity index (χ0n) is 7.46. The molecule has 69 valence electrons. The lowest BCUT2D eigenvalue weighted by molar-refractivity contribution is -0.123. The molecule has 1 atom stereocenters. The van der Waals surface area contributed by atoms with Gasteiger partial charge < -0.3 is 4.74 Å². The van der Waals surface area contributed by atoms with Crippen molar-refractivity contribution in [3.05, 3.63) is 0 Å². The van der Waals surface area contributed by atoms with Crippen molar-refractivity contribution >= 4 is 12.0 Å². The summed E-state index contributed by atoms with van der Waals surface area (Å²) in [6.07, 6.45) is -0.170. The summed E-state index contributed by atoms with van der Waals surface area (Å²) in [6, 6.07) is -0.697. The first-order chi connectivity index (χ1) is 5.54. The van der Waals surface area contributed by atoms with Gasteiger partial charge in [-0.05, 0) is 6.42 Å². The van der Waals surface area contributed by atoms with Crippen LogP contribution in [0.1, 0.15) is 13.3 Å². The van der Waals surface area contributed by atoms with Crippen LogP contribution in [0.25, 0.3) is 0 Å². The summed E-state index contributed by atoms with van der Waals surface area (Å²) in [4.78, 5) is 22.7. The molecule has 0 aromatic heterocycles. The molecule has 12 heavy (non-hydrogen) atoms. The van der Waals surface area contributed by atoms with E-state index in [2.05, 4.69) is 4.74 Å². The molecule has 0 aromatic carbocycles. The van der Waals surface area contributed by atoms with E-state index >= 15 is 0 Å². The maximum Gasteiger partial charge on any atom is 0.409 e. The van der Waals surface area contributed by atoms with E-state index in [-0.39, 0.29) is 0 Å². The quantitative estimate of drug-likeness (QED) is 0.615. The molecule has 0 saturated carbocycles. The van der Waals surface area contributed by atoms with Crippen molar-refractivity contribution < 1.29 is 14.3 Å². The van der Waals surface area contributed by atoms with Crippen LogP contribution in [0.5, 0.6) is 0 Å². The summed E-state index contributed by atoms with van der Waals surface area (Å²) in [5, 5.41) is 0. The first-order valence-electron chi connectivity index (χ1n) is 3.60. The first kappa shape index (κ1) is 10.7. The highest BCUT2D eigenvalue weighted by Crippen LogP contribution is 2.02. The molecule has 0 aliphatic carbocycles. The fourth-order valence-corrected chi connectivity index (χ4v) is 0.906. The molecular formula is C7H13N2O3. The molecule has 1 radical (unpaired) electrons. The first-order valence-corrected chi connectivity index (χ1v) is 3.60. The zero-order valence-corrected chi connectivity index (χ0v) is 7.46. The third kappa shape index (κ3) is 2.41. The third-order valence-electron chi connectivity index (χ3n) is 1.62. The van der Waals surface area contributed by atoms with E-state index in [9.17, 15) is 9.59 Å². The largest absolute Gasteiger partial charge is 0.453 e. The summed E-state index contributed by atoms with van der Waals surface area (Å²) in [5.74, 6) is -0.773. The molecule has 5 heteroatoms. The molecule has 0 heterocycles. The van der Waals surface area contributed by atoms with Crippen LogP contribution >= 0.6 is 0 Å². The highest BCUT2D eigenvalue weighted by Gasteiger charge is 2.23. The number of hydrogen-bond donors (Lipinski definition) is 0. The molecule has 0 fully saturated rings. The minimum Gasteiger partial charge on any atom is -0.453 e. The van der Waals surface area contributed by atoms with Crippen molar-refractivity contribution in [2.45, 2.75) is 19.4 Å². The van der Waals surface area contributed by atoms with E-state index in [1.165, 1.54) is 14.2 Å². The average Bonchev–Trinajstić information content (AvgIpc) is 2.03. The molecule has 0 rings (SSSR count). The van der Waals surface area contributed by atoms with Crippen molar-refractivity contribution in [2.24, 2.45) is 0 Å². The van der Waals surface area contributed by atoms with Crippen LogP contribution < -0.4 is 5.73 Å². The van der Waals surface area contributed by atoms with Gasteiger partial charge in [-0.1, -0.05) is 6.92 Å². The number of nitrogens with zero attached hydrogens (tertiary/aromatic N) is 1. The number of rotatable bonds is 3. The monoisotopic (exact) mass is 173 g/mol. The molecule has 0 saturated heterocycles. The molecule has 2 amide bonds. The Bertz CT molecular complexity index is 181. The molecular weight excluding hydrogens is 160 g/mol. The number of amides is 2. The van der Waals surface area contributed by atoms with Crippen LogP contribution in [0, 0.1) is 0 Å². The van der Waals surface area contributed by atoms with Crippen molar-refractivity contribution in [3.63, 3.8) is 0 Å². The SMILES string of the molecule is CCC(C([NH])=O)N(C)C(=O)OC. The molecule has 0 bridgehead atoms. The van der Waals surface area contributed by atoms with Gasteiger partial charge in [0.25, 0.3) is 5.91 Å². The summed E-state index contributed by atoms with van der Waals surface area (Å²) in [6.45, 7) is 1.73. The van der Waals surface area contributed by atoms with Gasteiger partial charge in [-0.3, -0.25) is 15.4 Å². The lowest BCUT2D eigenvalue weighted by Gasteiger charge is -2.22. The van der Waals surface area contributed by atoms with Crippen LogP contribution in [-0.4, -0.2) is 37.1 Å². The number of methoxy groups -OCH3 is 1. The Kier molecular flexibility index (Phi) is 4.10. The predicted octanol–water partition coefficient (Wildman–Crippen LogP) is 0.273. The van der Waals surface area contributed by atoms with Gasteiger partial charge in [0.1, 0.15) is 6.04 Å². The van der Waals surface area contributed by atoms with E-state index < -0.39 is 18.0 Å². The predicted molar refractivity (Wildman–Crippen MR) is 42.4 cm³/mol. The number of likely N-dealkylation sites (N-methyl/N-ethyl adjacent to an activating group) is 1. The average molecular weight is 173 g/mol. The second-order valence-corrected chi connectivity index (χ2v) is 2.37. The van der Waals surface area contributed by atoms with E-state index in [0.29, 0.717) is 6.42 Å². The highest BCUT2D eigenvalue weighted by atomic mass is 16.5. The van der Waals surface area contributed by atoms with Crippen molar-refractivity contribution in [2.75, 3.05) is 14.2 Å². The molecule has 1 unspecified atom stereocenters. The Balaban J connectivity index is 4.30. The lowest BCUT2D eigenvalue weighted by atomic mass is 10.2. The number of carbonyl (C=O) groups is 2. The Morgan fingerprint density at radius 2 is 2.08 bits per heavy atom. The summed E-state index contributed by atoms with van der Waals surface area (Å²) < 4.78 is 4.40. The summed E-state index contributed by atoms with van der Waals surface area (Å²) >= 11 is 0. The number of hydrogen-bond acceptors (Lipinski definition) is 3. The van der Waals surface area contributed by atoms with Crippen molar-refractivity contribution in [1.29, 1.82) is 0 Å². The minimum atomic E-state index is -0.773. The summed E-state index contributed by atoms with van der Waals surface area (Å²) in [7, 11) is 2.67. The molecule has 5 nitrogen and oxygen atoms in total. The van der Waals surface area contributed by atoms with Gasteiger partial charge in [0, 0.05) is 7.05 Å². The smallest absolute Gasteiger partial charge is 0.409 e. The molecule has 0 aliphatic heterocycles. The second kappa shape index (κ2) is 4.58. The van der Waals surface area contributed by atoms with E-state index in [1.807, 2.05) is 0 Å². The van der Waals surface area contributed by atoms with Gasteiger partial charge in [0.2, 0.25) is 0 Å². The molecule has 0 aliphatic rings. The van der Waals surface area contributed by atoms with E-state index in [1.54, 1.807) is 6.92 Å². The third-order valence-corrected chi connectivity index (χ3v) is 1.62. The zero-order chi connectivity index (χ0) is 9.72. The van der Waals surface area contributed by atoms with E-state index in [4.69, 9.17) is 5.73 Å². The maximum atomic E-state index is 10.9. The molecule has 0 aromatic rings. The van der Waals surface area contributed by atoms with Gasteiger partial charge in [-0.15, -0.1) is 0 Å². The van der Waals surface area contributed by atoms with Crippen LogP contribution in [0.3, 0.4) is 0 Å². The molecule has 1 N–H and O–H groups in total. The fourth-order valence-electron chi connectivity index (χ4n) is 0.906. The molecule has 0 spiro atoms. The van der Waals surface area contributed by atoms with Crippen molar-refractivity contribution in [1.82, 2.24) is 10.6 Å². The van der Waals surface area contributed by atoms with Gasteiger partial charge in [0.05, 0.1) is 7.11 Å². The van der Waals surface area contributed by atoms with Gasteiger partial charge >= 0.3 is 6.09 Å². The normalized spacial score (nSPS) is 11.9. The van der Waals surface area contributed by atoms with Gasteiger partial charge in [-0.2, -0.15) is 0 Å². The number of carbonyl (C=O) groups excluding carboxylic acids is 2.